The Kier molecular flexibility index (Phi) is 9.26. The van der Waals surface area contributed by atoms with Crippen molar-refractivity contribution in [3.05, 3.63) is 48.0 Å². The van der Waals surface area contributed by atoms with Crippen LogP contribution in [-0.4, -0.2) is 37.1 Å². The average Bonchev–Trinajstić information content (AvgIpc) is 2.87. The maximum absolute atomic E-state index is 12.0. The first-order valence-corrected chi connectivity index (χ1v) is 13.2. The van der Waals surface area contributed by atoms with Gasteiger partial charge in [0.2, 0.25) is 0 Å². The molecule has 1 aliphatic heterocycles. The Balaban J connectivity index is 1.39. The van der Waals surface area contributed by atoms with Gasteiger partial charge in [-0.2, -0.15) is 0 Å². The highest BCUT2D eigenvalue weighted by Gasteiger charge is 2.21. The Morgan fingerprint density at radius 2 is 1.56 bits per heavy atom. The van der Waals surface area contributed by atoms with Gasteiger partial charge in [-0.1, -0.05) is 32.6 Å². The standard InChI is InChI=1S/C29H39NO4/c1-2-9-29(31)34-26-16-17-28(27(22-26)23-10-5-3-6-11-23)33-25-14-12-24(13-15-25)32-21-20-30-18-7-4-8-19-30/h12-17,22-23H,2-11,18-21H2,1H3. The second-order valence-electron chi connectivity index (χ2n) is 9.58. The van der Waals surface area contributed by atoms with E-state index in [0.29, 0.717) is 24.7 Å². The molecule has 1 saturated carbocycles. The highest BCUT2D eigenvalue weighted by atomic mass is 16.5. The highest BCUT2D eigenvalue weighted by molar-refractivity contribution is 5.72. The summed E-state index contributed by atoms with van der Waals surface area (Å²) in [5, 5.41) is 0. The van der Waals surface area contributed by atoms with Gasteiger partial charge in [-0.3, -0.25) is 9.69 Å². The van der Waals surface area contributed by atoms with Crippen molar-refractivity contribution in [2.75, 3.05) is 26.2 Å². The maximum Gasteiger partial charge on any atom is 0.311 e. The lowest BCUT2D eigenvalue weighted by molar-refractivity contribution is -0.134. The number of carbonyl (C=O) groups is 1. The third-order valence-electron chi connectivity index (χ3n) is 6.89. The lowest BCUT2D eigenvalue weighted by Gasteiger charge is -2.26. The van der Waals surface area contributed by atoms with Crippen LogP contribution in [0.5, 0.6) is 23.0 Å². The zero-order valence-electron chi connectivity index (χ0n) is 20.6. The molecular formula is C29H39NO4. The summed E-state index contributed by atoms with van der Waals surface area (Å²) < 4.78 is 17.9. The van der Waals surface area contributed by atoms with E-state index in [0.717, 1.165) is 48.6 Å². The Morgan fingerprint density at radius 1 is 0.882 bits per heavy atom. The minimum Gasteiger partial charge on any atom is -0.492 e. The molecule has 2 aliphatic rings. The number of carbonyl (C=O) groups excluding carboxylic acids is 1. The summed E-state index contributed by atoms with van der Waals surface area (Å²) in [5.74, 6) is 3.38. The third kappa shape index (κ3) is 7.23. The molecule has 184 valence electrons. The van der Waals surface area contributed by atoms with Gasteiger partial charge in [0.25, 0.3) is 0 Å². The van der Waals surface area contributed by atoms with Gasteiger partial charge in [0.05, 0.1) is 0 Å². The van der Waals surface area contributed by atoms with Crippen molar-refractivity contribution in [2.45, 2.75) is 77.0 Å². The number of rotatable bonds is 10. The molecule has 5 nitrogen and oxygen atoms in total. The summed E-state index contributed by atoms with van der Waals surface area (Å²) in [5.41, 5.74) is 1.14. The summed E-state index contributed by atoms with van der Waals surface area (Å²) >= 11 is 0. The zero-order chi connectivity index (χ0) is 23.6. The maximum atomic E-state index is 12.0. The van der Waals surface area contributed by atoms with Crippen molar-refractivity contribution in [3.8, 4) is 23.0 Å². The molecule has 0 atom stereocenters. The number of benzene rings is 2. The van der Waals surface area contributed by atoms with E-state index in [4.69, 9.17) is 14.2 Å². The fourth-order valence-electron chi connectivity index (χ4n) is 5.01. The molecule has 1 aliphatic carbocycles. The first kappa shape index (κ1) is 24.6. The van der Waals surface area contributed by atoms with Crippen LogP contribution in [0.4, 0.5) is 0 Å². The molecule has 0 N–H and O–H groups in total. The molecule has 0 unspecified atom stereocenters. The second kappa shape index (κ2) is 12.8. The van der Waals surface area contributed by atoms with Crippen LogP contribution in [0.2, 0.25) is 0 Å². The van der Waals surface area contributed by atoms with Crippen molar-refractivity contribution in [1.29, 1.82) is 0 Å². The van der Waals surface area contributed by atoms with E-state index in [9.17, 15) is 4.79 Å². The zero-order valence-corrected chi connectivity index (χ0v) is 20.6. The van der Waals surface area contributed by atoms with Crippen LogP contribution in [0.3, 0.4) is 0 Å². The van der Waals surface area contributed by atoms with Crippen molar-refractivity contribution < 1.29 is 19.0 Å². The Morgan fingerprint density at radius 3 is 2.29 bits per heavy atom. The first-order chi connectivity index (χ1) is 16.7. The van der Waals surface area contributed by atoms with Gasteiger partial charge < -0.3 is 14.2 Å². The Bertz CT molecular complexity index is 899. The van der Waals surface area contributed by atoms with E-state index in [-0.39, 0.29) is 5.97 Å². The van der Waals surface area contributed by atoms with E-state index >= 15 is 0 Å². The predicted molar refractivity (Wildman–Crippen MR) is 135 cm³/mol. The topological polar surface area (TPSA) is 48.0 Å². The predicted octanol–water partition coefficient (Wildman–Crippen LogP) is 7.10. The quantitative estimate of drug-likeness (QED) is 0.277. The number of likely N-dealkylation sites (tertiary alicyclic amines) is 1. The molecule has 4 rings (SSSR count). The molecule has 0 bridgehead atoms. The number of hydrogen-bond acceptors (Lipinski definition) is 5. The van der Waals surface area contributed by atoms with Gasteiger partial charge in [-0.15, -0.1) is 0 Å². The largest absolute Gasteiger partial charge is 0.492 e. The van der Waals surface area contributed by atoms with Gasteiger partial charge in [0.15, 0.2) is 0 Å². The molecule has 2 fully saturated rings. The smallest absolute Gasteiger partial charge is 0.311 e. The van der Waals surface area contributed by atoms with E-state index in [1.807, 2.05) is 49.4 Å². The van der Waals surface area contributed by atoms with Crippen molar-refractivity contribution in [2.24, 2.45) is 0 Å². The molecule has 0 spiro atoms. The van der Waals surface area contributed by atoms with Gasteiger partial charge in [-0.25, -0.2) is 0 Å². The lowest BCUT2D eigenvalue weighted by atomic mass is 9.83. The number of piperidine rings is 1. The first-order valence-electron chi connectivity index (χ1n) is 13.2. The van der Waals surface area contributed by atoms with Gasteiger partial charge in [-0.05, 0) is 93.6 Å². The van der Waals surface area contributed by atoms with Crippen LogP contribution in [-0.2, 0) is 4.79 Å². The van der Waals surface area contributed by atoms with E-state index in [2.05, 4.69) is 4.90 Å². The van der Waals surface area contributed by atoms with Gasteiger partial charge in [0, 0.05) is 18.5 Å². The number of esters is 1. The fraction of sp³-hybridized carbons (Fsp3) is 0.552. The molecular weight excluding hydrogens is 426 g/mol. The molecule has 2 aromatic rings. The van der Waals surface area contributed by atoms with Crippen molar-refractivity contribution >= 4 is 5.97 Å². The van der Waals surface area contributed by atoms with Crippen LogP contribution < -0.4 is 14.2 Å². The summed E-state index contributed by atoms with van der Waals surface area (Å²) in [4.78, 5) is 14.5. The molecule has 0 amide bonds. The molecule has 0 aromatic heterocycles. The number of hydrogen-bond donors (Lipinski definition) is 0. The molecule has 34 heavy (non-hydrogen) atoms. The van der Waals surface area contributed by atoms with E-state index in [1.165, 1.54) is 51.6 Å². The summed E-state index contributed by atoms with van der Waals surface area (Å²) in [6.45, 7) is 6.06. The van der Waals surface area contributed by atoms with E-state index < -0.39 is 0 Å². The molecule has 1 heterocycles. The van der Waals surface area contributed by atoms with Crippen molar-refractivity contribution in [3.63, 3.8) is 0 Å². The third-order valence-corrected chi connectivity index (χ3v) is 6.89. The lowest BCUT2D eigenvalue weighted by Crippen LogP contribution is -2.33. The minimum absolute atomic E-state index is 0.179. The van der Waals surface area contributed by atoms with Crippen molar-refractivity contribution in [1.82, 2.24) is 4.90 Å². The van der Waals surface area contributed by atoms with Crippen LogP contribution in [0.15, 0.2) is 42.5 Å². The van der Waals surface area contributed by atoms with Crippen LogP contribution >= 0.6 is 0 Å². The van der Waals surface area contributed by atoms with Crippen LogP contribution in [0.1, 0.15) is 82.6 Å². The molecule has 1 saturated heterocycles. The van der Waals surface area contributed by atoms with Crippen LogP contribution in [0.25, 0.3) is 0 Å². The van der Waals surface area contributed by atoms with Crippen LogP contribution in [0, 0.1) is 0 Å². The Hall–Kier alpha value is -2.53. The second-order valence-corrected chi connectivity index (χ2v) is 9.58. The molecule has 0 radical (unpaired) electrons. The Labute approximate surface area is 204 Å². The normalized spacial score (nSPS) is 17.3. The number of nitrogens with zero attached hydrogens (tertiary/aromatic N) is 1. The van der Waals surface area contributed by atoms with Gasteiger partial charge in [0.1, 0.15) is 29.6 Å². The monoisotopic (exact) mass is 465 g/mol. The molecule has 2 aromatic carbocycles. The minimum atomic E-state index is -0.179. The average molecular weight is 466 g/mol. The van der Waals surface area contributed by atoms with Gasteiger partial charge >= 0.3 is 5.97 Å². The molecule has 5 heteroatoms. The summed E-state index contributed by atoms with van der Waals surface area (Å²) in [7, 11) is 0. The highest BCUT2D eigenvalue weighted by Crippen LogP contribution is 2.41. The van der Waals surface area contributed by atoms with E-state index in [1.54, 1.807) is 0 Å². The summed E-state index contributed by atoms with van der Waals surface area (Å²) in [6.07, 6.45) is 11.2. The number of ether oxygens (including phenoxy) is 3. The summed E-state index contributed by atoms with van der Waals surface area (Å²) in [6, 6.07) is 13.7. The SMILES string of the molecule is CCCC(=O)Oc1ccc(Oc2ccc(OCCN3CCCCC3)cc2)c(C2CCCCC2)c1. The fourth-order valence-corrected chi connectivity index (χ4v) is 5.01.